The number of ether oxygens (including phenoxy) is 1. The summed E-state index contributed by atoms with van der Waals surface area (Å²) in [7, 11) is -2.18. The highest BCUT2D eigenvalue weighted by Gasteiger charge is 2.23. The molecule has 1 aliphatic rings. The van der Waals surface area contributed by atoms with Crippen molar-refractivity contribution in [3.8, 4) is 5.75 Å². The smallest absolute Gasteiger partial charge is 0.268 e. The minimum Gasteiger partial charge on any atom is -0.497 e. The fourth-order valence-corrected chi connectivity index (χ4v) is 5.36. The maximum absolute atomic E-state index is 13.6. The monoisotopic (exact) mass is 419 g/mol. The van der Waals surface area contributed by atoms with E-state index in [0.29, 0.717) is 11.3 Å². The molecule has 0 radical (unpaired) electrons. The summed E-state index contributed by atoms with van der Waals surface area (Å²) in [5, 5.41) is 4.96. The van der Waals surface area contributed by atoms with Crippen LogP contribution in [0.1, 0.15) is 12.0 Å². The molecule has 0 atom stereocenters. The van der Waals surface area contributed by atoms with Crippen LogP contribution in [0.15, 0.2) is 71.9 Å². The van der Waals surface area contributed by atoms with Gasteiger partial charge in [0.1, 0.15) is 5.75 Å². The summed E-state index contributed by atoms with van der Waals surface area (Å²) in [4.78, 5) is 4.52. The molecule has 0 saturated heterocycles. The highest BCUT2D eigenvalue weighted by molar-refractivity contribution is 7.90. The third-order valence-electron chi connectivity index (χ3n) is 5.52. The first kappa shape index (κ1) is 18.8. The number of rotatable bonds is 4. The van der Waals surface area contributed by atoms with Crippen LogP contribution in [0.25, 0.3) is 27.4 Å². The quantitative estimate of drug-likeness (QED) is 0.545. The Kier molecular flexibility index (Phi) is 4.56. The predicted molar refractivity (Wildman–Crippen MR) is 118 cm³/mol. The second kappa shape index (κ2) is 7.27. The predicted octanol–water partition coefficient (Wildman–Crippen LogP) is 3.81. The van der Waals surface area contributed by atoms with Crippen molar-refractivity contribution < 1.29 is 13.2 Å². The van der Waals surface area contributed by atoms with Gasteiger partial charge in [0.25, 0.3) is 10.0 Å². The Labute approximate surface area is 174 Å². The van der Waals surface area contributed by atoms with Crippen molar-refractivity contribution in [1.82, 2.24) is 14.3 Å². The molecule has 6 nitrogen and oxygen atoms in total. The van der Waals surface area contributed by atoms with E-state index in [1.165, 1.54) is 3.97 Å². The van der Waals surface area contributed by atoms with Crippen LogP contribution in [0.4, 0.5) is 0 Å². The molecule has 7 heteroatoms. The zero-order valence-corrected chi connectivity index (χ0v) is 17.3. The molecule has 1 N–H and O–H groups in total. The standard InChI is InChI=1S/C23H21N3O3S/c1-29-18-4-7-23-20(14-18)21(16-8-11-24-12-9-16)15-26(23)30(27,28)19-5-6-22-17(13-19)3-2-10-25-22/h2-8,10,13-15,24H,9,11-12H2,1H3. The Bertz CT molecular complexity index is 1400. The van der Waals surface area contributed by atoms with Crippen LogP contribution >= 0.6 is 0 Å². The Hall–Kier alpha value is -3.16. The van der Waals surface area contributed by atoms with E-state index in [0.717, 1.165) is 46.9 Å². The van der Waals surface area contributed by atoms with Crippen LogP contribution in [-0.4, -0.2) is 37.6 Å². The van der Waals surface area contributed by atoms with E-state index in [9.17, 15) is 8.42 Å². The van der Waals surface area contributed by atoms with Gasteiger partial charge in [-0.3, -0.25) is 4.98 Å². The molecule has 152 valence electrons. The zero-order valence-electron chi connectivity index (χ0n) is 16.5. The van der Waals surface area contributed by atoms with Gasteiger partial charge in [0.2, 0.25) is 0 Å². The largest absolute Gasteiger partial charge is 0.497 e. The van der Waals surface area contributed by atoms with Gasteiger partial charge in [0.15, 0.2) is 0 Å². The highest BCUT2D eigenvalue weighted by atomic mass is 32.2. The average Bonchev–Trinajstić information content (AvgIpc) is 3.19. The van der Waals surface area contributed by atoms with Crippen LogP contribution in [0.3, 0.4) is 0 Å². The number of hydrogen-bond acceptors (Lipinski definition) is 5. The van der Waals surface area contributed by atoms with Gasteiger partial charge in [-0.15, -0.1) is 0 Å². The van der Waals surface area contributed by atoms with Gasteiger partial charge in [-0.1, -0.05) is 12.1 Å². The molecule has 0 fully saturated rings. The lowest BCUT2D eigenvalue weighted by atomic mass is 10.00. The summed E-state index contributed by atoms with van der Waals surface area (Å²) in [6.07, 6.45) is 6.40. The maximum atomic E-state index is 13.6. The van der Waals surface area contributed by atoms with Crippen LogP contribution in [0, 0.1) is 0 Å². The normalized spacial score (nSPS) is 14.8. The van der Waals surface area contributed by atoms with Gasteiger partial charge >= 0.3 is 0 Å². The van der Waals surface area contributed by atoms with Gasteiger partial charge in [0.05, 0.1) is 23.0 Å². The minimum absolute atomic E-state index is 0.238. The molecule has 3 heterocycles. The molecule has 0 spiro atoms. The Balaban J connectivity index is 1.73. The lowest BCUT2D eigenvalue weighted by molar-refractivity contribution is 0.415. The van der Waals surface area contributed by atoms with E-state index >= 15 is 0 Å². The Morgan fingerprint density at radius 1 is 1.13 bits per heavy atom. The summed E-state index contributed by atoms with van der Waals surface area (Å²) >= 11 is 0. The summed E-state index contributed by atoms with van der Waals surface area (Å²) in [6, 6.07) is 14.2. The first-order valence-corrected chi connectivity index (χ1v) is 11.2. The molecule has 0 amide bonds. The first-order chi connectivity index (χ1) is 14.6. The second-order valence-corrected chi connectivity index (χ2v) is 9.08. The molecular weight excluding hydrogens is 398 g/mol. The van der Waals surface area contributed by atoms with Gasteiger partial charge in [-0.25, -0.2) is 12.4 Å². The fraction of sp³-hybridized carbons (Fsp3) is 0.174. The van der Waals surface area contributed by atoms with E-state index in [1.807, 2.05) is 12.1 Å². The van der Waals surface area contributed by atoms with Gasteiger partial charge in [-0.2, -0.15) is 0 Å². The van der Waals surface area contributed by atoms with Crippen LogP contribution in [0.2, 0.25) is 0 Å². The second-order valence-electron chi connectivity index (χ2n) is 7.27. The molecule has 4 aromatic rings. The Morgan fingerprint density at radius 3 is 2.83 bits per heavy atom. The molecule has 0 unspecified atom stereocenters. The molecule has 1 aliphatic heterocycles. The third-order valence-corrected chi connectivity index (χ3v) is 7.19. The van der Waals surface area contributed by atoms with Gasteiger partial charge in [-0.05, 0) is 61.0 Å². The number of nitrogens with zero attached hydrogens (tertiary/aromatic N) is 2. The molecule has 5 rings (SSSR count). The summed E-state index contributed by atoms with van der Waals surface area (Å²) in [5.74, 6) is 0.699. The molecular formula is C23H21N3O3S. The van der Waals surface area contributed by atoms with Crippen molar-refractivity contribution in [2.24, 2.45) is 0 Å². The van der Waals surface area contributed by atoms with E-state index in [1.54, 1.807) is 55.9 Å². The number of pyridine rings is 1. The van der Waals surface area contributed by atoms with E-state index < -0.39 is 10.0 Å². The van der Waals surface area contributed by atoms with Crippen LogP contribution in [-0.2, 0) is 10.0 Å². The van der Waals surface area contributed by atoms with Gasteiger partial charge < -0.3 is 10.1 Å². The summed E-state index contributed by atoms with van der Waals surface area (Å²) < 4.78 is 34.0. The zero-order chi connectivity index (χ0) is 20.7. The van der Waals surface area contributed by atoms with Crippen molar-refractivity contribution in [2.45, 2.75) is 11.3 Å². The molecule has 2 aromatic carbocycles. The lowest BCUT2D eigenvalue weighted by Gasteiger charge is -2.13. The summed E-state index contributed by atoms with van der Waals surface area (Å²) in [5.41, 5.74) is 3.47. The van der Waals surface area contributed by atoms with Crippen LogP contribution < -0.4 is 10.1 Å². The SMILES string of the molecule is COc1ccc2c(c1)c(C1=CCNCC1)cn2S(=O)(=O)c1ccc2ncccc2c1. The molecule has 0 bridgehead atoms. The lowest BCUT2D eigenvalue weighted by Crippen LogP contribution is -2.20. The van der Waals surface area contributed by atoms with Crippen molar-refractivity contribution in [2.75, 3.05) is 20.2 Å². The molecule has 2 aromatic heterocycles. The number of fused-ring (bicyclic) bond motifs is 2. The van der Waals surface area contributed by atoms with E-state index in [-0.39, 0.29) is 4.90 Å². The molecule has 0 aliphatic carbocycles. The maximum Gasteiger partial charge on any atom is 0.268 e. The Morgan fingerprint density at radius 2 is 2.03 bits per heavy atom. The topological polar surface area (TPSA) is 73.2 Å². The average molecular weight is 420 g/mol. The fourth-order valence-electron chi connectivity index (χ4n) is 3.96. The minimum atomic E-state index is -3.79. The molecule has 0 saturated carbocycles. The number of methoxy groups -OCH3 is 1. The third kappa shape index (κ3) is 3.07. The number of nitrogens with one attached hydrogen (secondary N) is 1. The first-order valence-electron chi connectivity index (χ1n) is 9.77. The van der Waals surface area contributed by atoms with Crippen molar-refractivity contribution in [1.29, 1.82) is 0 Å². The van der Waals surface area contributed by atoms with E-state index in [4.69, 9.17) is 4.74 Å². The number of aromatic nitrogens is 2. The van der Waals surface area contributed by atoms with Gasteiger partial charge in [0, 0.05) is 35.3 Å². The summed E-state index contributed by atoms with van der Waals surface area (Å²) in [6.45, 7) is 1.64. The van der Waals surface area contributed by atoms with Crippen molar-refractivity contribution >= 4 is 37.4 Å². The highest BCUT2D eigenvalue weighted by Crippen LogP contribution is 2.34. The van der Waals surface area contributed by atoms with Crippen molar-refractivity contribution in [3.63, 3.8) is 0 Å². The number of benzene rings is 2. The number of hydrogen-bond donors (Lipinski definition) is 1. The van der Waals surface area contributed by atoms with Crippen LogP contribution in [0.5, 0.6) is 5.75 Å². The molecule has 30 heavy (non-hydrogen) atoms. The van der Waals surface area contributed by atoms with E-state index in [2.05, 4.69) is 16.4 Å². The van der Waals surface area contributed by atoms with Crippen molar-refractivity contribution in [3.05, 3.63) is 72.6 Å².